The van der Waals surface area contributed by atoms with E-state index in [0.717, 1.165) is 31.1 Å². The standard InChI is InChI=1S/C24H26ClN/c1-19-3-7-22(8-4-19)17-26(18-23-9-5-20(2)6-10-23)16-15-21-11-13-24(25)14-12-21/h3-14H,15-18H2,1-2H3. The van der Waals surface area contributed by atoms with Crippen molar-refractivity contribution in [2.24, 2.45) is 0 Å². The highest BCUT2D eigenvalue weighted by Gasteiger charge is 2.08. The summed E-state index contributed by atoms with van der Waals surface area (Å²) in [5.74, 6) is 0. The zero-order chi connectivity index (χ0) is 18.4. The summed E-state index contributed by atoms with van der Waals surface area (Å²) < 4.78 is 0. The van der Waals surface area contributed by atoms with Crippen molar-refractivity contribution in [3.8, 4) is 0 Å². The number of benzene rings is 3. The van der Waals surface area contributed by atoms with Crippen LogP contribution in [0.25, 0.3) is 0 Å². The predicted octanol–water partition coefficient (Wildman–Crippen LogP) is 6.20. The summed E-state index contributed by atoms with van der Waals surface area (Å²) in [6.07, 6.45) is 1.02. The Morgan fingerprint density at radius 1 is 0.615 bits per heavy atom. The summed E-state index contributed by atoms with van der Waals surface area (Å²) in [7, 11) is 0. The lowest BCUT2D eigenvalue weighted by Gasteiger charge is -2.23. The molecule has 0 saturated carbocycles. The van der Waals surface area contributed by atoms with Crippen LogP contribution in [0.1, 0.15) is 27.8 Å². The van der Waals surface area contributed by atoms with Crippen molar-refractivity contribution in [2.75, 3.05) is 6.54 Å². The molecule has 3 aromatic rings. The summed E-state index contributed by atoms with van der Waals surface area (Å²) in [6.45, 7) is 7.20. The van der Waals surface area contributed by atoms with E-state index in [0.29, 0.717) is 0 Å². The Kier molecular flexibility index (Phi) is 6.49. The summed E-state index contributed by atoms with van der Waals surface area (Å²) in [5, 5.41) is 0.796. The molecule has 0 radical (unpaired) electrons. The van der Waals surface area contributed by atoms with E-state index in [2.05, 4.69) is 79.4 Å². The van der Waals surface area contributed by atoms with Gasteiger partial charge in [-0.25, -0.2) is 0 Å². The monoisotopic (exact) mass is 363 g/mol. The molecule has 0 heterocycles. The Bertz CT molecular complexity index is 757. The summed E-state index contributed by atoms with van der Waals surface area (Å²) in [6, 6.07) is 25.9. The minimum atomic E-state index is 0.796. The second-order valence-electron chi connectivity index (χ2n) is 7.06. The average molecular weight is 364 g/mol. The number of hydrogen-bond donors (Lipinski definition) is 0. The van der Waals surface area contributed by atoms with Crippen LogP contribution in [0.3, 0.4) is 0 Å². The number of rotatable bonds is 7. The first-order valence-corrected chi connectivity index (χ1v) is 9.54. The van der Waals surface area contributed by atoms with E-state index in [-0.39, 0.29) is 0 Å². The van der Waals surface area contributed by atoms with Crippen molar-refractivity contribution in [3.63, 3.8) is 0 Å². The summed E-state index contributed by atoms with van der Waals surface area (Å²) in [5.41, 5.74) is 6.66. The number of halogens is 1. The van der Waals surface area contributed by atoms with Crippen LogP contribution in [0.2, 0.25) is 5.02 Å². The fourth-order valence-electron chi connectivity index (χ4n) is 3.06. The molecule has 3 rings (SSSR count). The Hall–Kier alpha value is -2.09. The molecule has 0 fully saturated rings. The van der Waals surface area contributed by atoms with E-state index >= 15 is 0 Å². The predicted molar refractivity (Wildman–Crippen MR) is 112 cm³/mol. The maximum absolute atomic E-state index is 6.00. The molecule has 3 aromatic carbocycles. The van der Waals surface area contributed by atoms with Crippen LogP contribution in [0.15, 0.2) is 72.8 Å². The van der Waals surface area contributed by atoms with E-state index in [1.807, 2.05) is 12.1 Å². The molecule has 0 aromatic heterocycles. The molecular weight excluding hydrogens is 338 g/mol. The molecular formula is C24H26ClN. The maximum Gasteiger partial charge on any atom is 0.0406 e. The third kappa shape index (κ3) is 5.72. The topological polar surface area (TPSA) is 3.24 Å². The normalized spacial score (nSPS) is 11.1. The van der Waals surface area contributed by atoms with E-state index in [1.54, 1.807) is 0 Å². The second-order valence-corrected chi connectivity index (χ2v) is 7.49. The average Bonchev–Trinajstić information content (AvgIpc) is 2.65. The first-order valence-electron chi connectivity index (χ1n) is 9.16. The highest BCUT2D eigenvalue weighted by Crippen LogP contribution is 2.15. The smallest absolute Gasteiger partial charge is 0.0406 e. The molecule has 0 bridgehead atoms. The van der Waals surface area contributed by atoms with E-state index in [1.165, 1.54) is 27.8 Å². The zero-order valence-electron chi connectivity index (χ0n) is 15.6. The van der Waals surface area contributed by atoms with Crippen LogP contribution in [0, 0.1) is 13.8 Å². The fraction of sp³-hybridized carbons (Fsp3) is 0.250. The van der Waals surface area contributed by atoms with Gasteiger partial charge in [-0.2, -0.15) is 0 Å². The van der Waals surface area contributed by atoms with Gasteiger partial charge in [0, 0.05) is 24.7 Å². The van der Waals surface area contributed by atoms with Crippen molar-refractivity contribution < 1.29 is 0 Å². The molecule has 0 aliphatic carbocycles. The van der Waals surface area contributed by atoms with Crippen LogP contribution in [-0.2, 0) is 19.5 Å². The summed E-state index contributed by atoms with van der Waals surface area (Å²) >= 11 is 6.00. The molecule has 134 valence electrons. The molecule has 0 saturated heterocycles. The van der Waals surface area contributed by atoms with Gasteiger partial charge in [-0.15, -0.1) is 0 Å². The molecule has 0 amide bonds. The largest absolute Gasteiger partial charge is 0.295 e. The minimum Gasteiger partial charge on any atom is -0.295 e. The van der Waals surface area contributed by atoms with Gasteiger partial charge in [-0.05, 0) is 49.1 Å². The summed E-state index contributed by atoms with van der Waals surface area (Å²) in [4.78, 5) is 2.52. The molecule has 2 heteroatoms. The van der Waals surface area contributed by atoms with E-state index in [9.17, 15) is 0 Å². The molecule has 0 N–H and O–H groups in total. The molecule has 0 aliphatic rings. The van der Waals surface area contributed by atoms with Crippen molar-refractivity contribution >= 4 is 11.6 Å². The third-order valence-corrected chi connectivity index (χ3v) is 4.94. The van der Waals surface area contributed by atoms with Crippen molar-refractivity contribution in [2.45, 2.75) is 33.4 Å². The lowest BCUT2D eigenvalue weighted by Crippen LogP contribution is -2.25. The quantitative estimate of drug-likeness (QED) is 0.483. The minimum absolute atomic E-state index is 0.796. The highest BCUT2D eigenvalue weighted by molar-refractivity contribution is 6.30. The highest BCUT2D eigenvalue weighted by atomic mass is 35.5. The van der Waals surface area contributed by atoms with Gasteiger partial charge in [0.25, 0.3) is 0 Å². The lowest BCUT2D eigenvalue weighted by atomic mass is 10.1. The van der Waals surface area contributed by atoms with E-state index in [4.69, 9.17) is 11.6 Å². The van der Waals surface area contributed by atoms with Gasteiger partial charge < -0.3 is 0 Å². The molecule has 26 heavy (non-hydrogen) atoms. The number of aryl methyl sites for hydroxylation is 2. The van der Waals surface area contributed by atoms with Crippen LogP contribution in [0.4, 0.5) is 0 Å². The van der Waals surface area contributed by atoms with Crippen LogP contribution in [-0.4, -0.2) is 11.4 Å². The molecule has 1 nitrogen and oxygen atoms in total. The van der Waals surface area contributed by atoms with Crippen LogP contribution in [0.5, 0.6) is 0 Å². The first kappa shape index (κ1) is 18.7. The Morgan fingerprint density at radius 2 is 1.04 bits per heavy atom. The van der Waals surface area contributed by atoms with Gasteiger partial charge >= 0.3 is 0 Å². The van der Waals surface area contributed by atoms with Gasteiger partial charge in [0.05, 0.1) is 0 Å². The SMILES string of the molecule is Cc1ccc(CN(CCc2ccc(Cl)cc2)Cc2ccc(C)cc2)cc1. The Labute approximate surface area is 162 Å². The maximum atomic E-state index is 6.00. The third-order valence-electron chi connectivity index (χ3n) is 4.68. The molecule has 0 spiro atoms. The number of hydrogen-bond acceptors (Lipinski definition) is 1. The Morgan fingerprint density at radius 3 is 1.50 bits per heavy atom. The molecule has 0 aliphatic heterocycles. The number of nitrogens with zero attached hydrogens (tertiary/aromatic N) is 1. The Balaban J connectivity index is 1.70. The van der Waals surface area contributed by atoms with Crippen LogP contribution < -0.4 is 0 Å². The van der Waals surface area contributed by atoms with Gasteiger partial charge in [-0.1, -0.05) is 83.4 Å². The first-order chi connectivity index (χ1) is 12.6. The van der Waals surface area contributed by atoms with Gasteiger partial charge in [0.2, 0.25) is 0 Å². The fourth-order valence-corrected chi connectivity index (χ4v) is 3.18. The zero-order valence-corrected chi connectivity index (χ0v) is 16.3. The van der Waals surface area contributed by atoms with E-state index < -0.39 is 0 Å². The van der Waals surface area contributed by atoms with Crippen LogP contribution >= 0.6 is 11.6 Å². The van der Waals surface area contributed by atoms with Gasteiger partial charge in [0.15, 0.2) is 0 Å². The van der Waals surface area contributed by atoms with Gasteiger partial charge in [0.1, 0.15) is 0 Å². The molecule has 0 atom stereocenters. The van der Waals surface area contributed by atoms with Gasteiger partial charge in [-0.3, -0.25) is 4.90 Å². The molecule has 0 unspecified atom stereocenters. The second kappa shape index (κ2) is 9.02. The lowest BCUT2D eigenvalue weighted by molar-refractivity contribution is 0.260. The van der Waals surface area contributed by atoms with Crippen molar-refractivity contribution in [1.82, 2.24) is 4.90 Å². The van der Waals surface area contributed by atoms with Crippen molar-refractivity contribution in [1.29, 1.82) is 0 Å². The van der Waals surface area contributed by atoms with Crippen molar-refractivity contribution in [3.05, 3.63) is 106 Å².